The van der Waals surface area contributed by atoms with Crippen molar-refractivity contribution >= 4 is 23.1 Å². The second kappa shape index (κ2) is 17.1. The van der Waals surface area contributed by atoms with Crippen molar-refractivity contribution in [3.8, 4) is 0 Å². The van der Waals surface area contributed by atoms with Gasteiger partial charge in [-0.05, 0) is 27.7 Å². The van der Waals surface area contributed by atoms with Crippen molar-refractivity contribution in [1.82, 2.24) is 0 Å². The smallest absolute Gasteiger partial charge is 0.159 e. The predicted octanol–water partition coefficient (Wildman–Crippen LogP) is 7.56. The van der Waals surface area contributed by atoms with Gasteiger partial charge in [0.2, 0.25) is 0 Å². The maximum Gasteiger partial charge on any atom is 0.159 e. The molecule has 0 atom stereocenters. The summed E-state index contributed by atoms with van der Waals surface area (Å²) in [6, 6.07) is 36.9. The van der Waals surface area contributed by atoms with Gasteiger partial charge in [-0.25, -0.2) is 0 Å². The number of hydrogen-bond donors (Lipinski definition) is 0. The van der Waals surface area contributed by atoms with E-state index in [1.165, 1.54) is 0 Å². The average molecular weight is 481 g/mol. The lowest BCUT2D eigenvalue weighted by Crippen LogP contribution is -1.88. The van der Waals surface area contributed by atoms with E-state index in [2.05, 4.69) is 0 Å². The number of rotatable bonds is 4. The van der Waals surface area contributed by atoms with Crippen molar-refractivity contribution in [3.05, 3.63) is 144 Å². The van der Waals surface area contributed by atoms with E-state index in [0.717, 1.165) is 22.3 Å². The van der Waals surface area contributed by atoms with Crippen molar-refractivity contribution in [1.29, 1.82) is 0 Å². The van der Waals surface area contributed by atoms with Gasteiger partial charge in [-0.1, -0.05) is 121 Å². The van der Waals surface area contributed by atoms with E-state index in [9.17, 15) is 19.2 Å². The Hall–Kier alpha value is -4.44. The van der Waals surface area contributed by atoms with Gasteiger partial charge in [0.1, 0.15) is 0 Å². The van der Waals surface area contributed by atoms with Gasteiger partial charge in [-0.15, -0.1) is 0 Å². The summed E-state index contributed by atoms with van der Waals surface area (Å²) in [5.41, 5.74) is 3.10. The highest BCUT2D eigenvalue weighted by atomic mass is 16.1. The summed E-state index contributed by atoms with van der Waals surface area (Å²) >= 11 is 0. The minimum Gasteiger partial charge on any atom is -0.295 e. The number of ketones is 4. The monoisotopic (exact) mass is 480 g/mol. The van der Waals surface area contributed by atoms with E-state index >= 15 is 0 Å². The van der Waals surface area contributed by atoms with Crippen LogP contribution in [0.4, 0.5) is 0 Å². The molecule has 0 saturated carbocycles. The summed E-state index contributed by atoms with van der Waals surface area (Å²) < 4.78 is 0. The summed E-state index contributed by atoms with van der Waals surface area (Å²) in [4.78, 5) is 42.6. The third kappa shape index (κ3) is 12.7. The van der Waals surface area contributed by atoms with Gasteiger partial charge in [-0.2, -0.15) is 0 Å². The first-order valence-corrected chi connectivity index (χ1v) is 11.5. The summed E-state index contributed by atoms with van der Waals surface area (Å²) in [7, 11) is 0. The minimum atomic E-state index is 0.121. The molecule has 0 aliphatic carbocycles. The Morgan fingerprint density at radius 3 is 0.528 bits per heavy atom. The molecule has 0 amide bonds. The van der Waals surface area contributed by atoms with E-state index < -0.39 is 0 Å². The van der Waals surface area contributed by atoms with Gasteiger partial charge < -0.3 is 0 Å². The molecule has 0 N–H and O–H groups in total. The summed E-state index contributed by atoms with van der Waals surface area (Å²) in [5, 5.41) is 0. The van der Waals surface area contributed by atoms with Crippen LogP contribution in [0.3, 0.4) is 0 Å². The number of benzene rings is 4. The van der Waals surface area contributed by atoms with Gasteiger partial charge in [-0.3, -0.25) is 19.2 Å². The second-order valence-electron chi connectivity index (χ2n) is 7.69. The van der Waals surface area contributed by atoms with Crippen molar-refractivity contribution in [3.63, 3.8) is 0 Å². The van der Waals surface area contributed by atoms with Crippen LogP contribution in [0.25, 0.3) is 0 Å². The molecule has 0 spiro atoms. The van der Waals surface area contributed by atoms with Gasteiger partial charge in [0, 0.05) is 22.3 Å². The quantitative estimate of drug-likeness (QED) is 0.283. The van der Waals surface area contributed by atoms with Crippen LogP contribution in [0.1, 0.15) is 69.1 Å². The molecule has 4 rings (SSSR count). The Morgan fingerprint density at radius 2 is 0.444 bits per heavy atom. The molecule has 0 saturated heterocycles. The van der Waals surface area contributed by atoms with Gasteiger partial charge in [0.05, 0.1) is 0 Å². The van der Waals surface area contributed by atoms with Crippen LogP contribution in [0.5, 0.6) is 0 Å². The Bertz CT molecular complexity index is 1000. The standard InChI is InChI=1S/4C8H8O/c4*1-7(9)8-5-3-2-4-6-8/h4*2-6H,1H3. The molecule has 4 aromatic carbocycles. The molecule has 4 aromatic rings. The van der Waals surface area contributed by atoms with Crippen LogP contribution in [0.15, 0.2) is 121 Å². The first-order valence-electron chi connectivity index (χ1n) is 11.5. The second-order valence-corrected chi connectivity index (χ2v) is 7.69. The zero-order valence-electron chi connectivity index (χ0n) is 21.2. The molecule has 184 valence electrons. The van der Waals surface area contributed by atoms with Crippen LogP contribution in [0, 0.1) is 0 Å². The van der Waals surface area contributed by atoms with Crippen molar-refractivity contribution < 1.29 is 19.2 Å². The lowest BCUT2D eigenvalue weighted by atomic mass is 10.2. The summed E-state index contributed by atoms with van der Waals surface area (Å²) in [6.45, 7) is 6.26. The van der Waals surface area contributed by atoms with Gasteiger partial charge in [0.15, 0.2) is 23.1 Å². The molecule has 0 radical (unpaired) electrons. The van der Waals surface area contributed by atoms with Crippen LogP contribution in [-0.2, 0) is 0 Å². The Balaban J connectivity index is 0.000000240. The fourth-order valence-electron chi connectivity index (χ4n) is 2.69. The van der Waals surface area contributed by atoms with Crippen molar-refractivity contribution in [2.45, 2.75) is 27.7 Å². The molecule has 0 bridgehead atoms. The number of hydrogen-bond acceptors (Lipinski definition) is 4. The molecular formula is C32H32O4. The highest BCUT2D eigenvalue weighted by Crippen LogP contribution is 1.99. The fourth-order valence-corrected chi connectivity index (χ4v) is 2.69. The Labute approximate surface area is 213 Å². The first kappa shape index (κ1) is 29.6. The van der Waals surface area contributed by atoms with Crippen LogP contribution in [0.2, 0.25) is 0 Å². The molecule has 0 aliphatic rings. The fraction of sp³-hybridized carbons (Fsp3) is 0.125. The van der Waals surface area contributed by atoms with E-state index in [0.29, 0.717) is 0 Å². The molecular weight excluding hydrogens is 448 g/mol. The molecule has 0 fully saturated rings. The average Bonchev–Trinajstić information content (AvgIpc) is 2.92. The lowest BCUT2D eigenvalue weighted by molar-refractivity contribution is 0.100. The molecule has 36 heavy (non-hydrogen) atoms. The highest BCUT2D eigenvalue weighted by Gasteiger charge is 1.94. The van der Waals surface area contributed by atoms with E-state index in [-0.39, 0.29) is 23.1 Å². The van der Waals surface area contributed by atoms with Gasteiger partial charge >= 0.3 is 0 Å². The number of carbonyl (C=O) groups is 4. The van der Waals surface area contributed by atoms with E-state index in [1.54, 1.807) is 27.7 Å². The predicted molar refractivity (Wildman–Crippen MR) is 146 cm³/mol. The molecule has 0 aliphatic heterocycles. The molecule has 4 heteroatoms. The van der Waals surface area contributed by atoms with Gasteiger partial charge in [0.25, 0.3) is 0 Å². The zero-order valence-corrected chi connectivity index (χ0v) is 21.2. The normalized spacial score (nSPS) is 9.00. The maximum absolute atomic E-state index is 10.6. The largest absolute Gasteiger partial charge is 0.295 e. The Kier molecular flexibility index (Phi) is 14.0. The summed E-state index contributed by atoms with van der Waals surface area (Å²) in [6.07, 6.45) is 0. The SMILES string of the molecule is CC(=O)c1ccccc1.CC(=O)c1ccccc1.CC(=O)c1ccccc1.CC(=O)c1ccccc1. The maximum atomic E-state index is 10.6. The number of Topliss-reactive ketones (excluding diaryl/α,β-unsaturated/α-hetero) is 4. The third-order valence-corrected chi connectivity index (χ3v) is 4.72. The number of carbonyl (C=O) groups excluding carboxylic acids is 4. The Morgan fingerprint density at radius 1 is 0.306 bits per heavy atom. The molecule has 0 heterocycles. The van der Waals surface area contributed by atoms with Crippen LogP contribution >= 0.6 is 0 Å². The molecule has 4 nitrogen and oxygen atoms in total. The van der Waals surface area contributed by atoms with E-state index in [4.69, 9.17) is 0 Å². The zero-order chi connectivity index (χ0) is 26.8. The minimum absolute atomic E-state index is 0.121. The lowest BCUT2D eigenvalue weighted by Gasteiger charge is -1.89. The van der Waals surface area contributed by atoms with Crippen molar-refractivity contribution in [2.75, 3.05) is 0 Å². The first-order chi connectivity index (χ1) is 17.2. The van der Waals surface area contributed by atoms with E-state index in [1.807, 2.05) is 121 Å². The third-order valence-electron chi connectivity index (χ3n) is 4.72. The van der Waals surface area contributed by atoms with Crippen LogP contribution in [-0.4, -0.2) is 23.1 Å². The molecule has 0 unspecified atom stereocenters. The van der Waals surface area contributed by atoms with Crippen LogP contribution < -0.4 is 0 Å². The molecule has 0 aromatic heterocycles. The summed E-state index contributed by atoms with van der Waals surface area (Å²) in [5.74, 6) is 0.484. The van der Waals surface area contributed by atoms with Crippen molar-refractivity contribution in [2.24, 2.45) is 0 Å². The topological polar surface area (TPSA) is 68.3 Å². The highest BCUT2D eigenvalue weighted by molar-refractivity contribution is 5.95.